The number of primary amides is 1. The van der Waals surface area contributed by atoms with Crippen LogP contribution in [0.4, 0.5) is 11.4 Å². The van der Waals surface area contributed by atoms with Crippen LogP contribution < -0.4 is 22.5 Å². The summed E-state index contributed by atoms with van der Waals surface area (Å²) < 4.78 is 0. The zero-order valence-corrected chi connectivity index (χ0v) is 10.4. The van der Waals surface area contributed by atoms with Gasteiger partial charge in [-0.15, -0.1) is 0 Å². The standard InChI is InChI=1S/C12H18N4O2/c1-6(2)10(11(15)17)16-12(18)8-4-3-7(13)5-9(8)14/h3-6,10H,13-14H2,1-2H3,(H2,15,17)(H,16,18). The van der Waals surface area contributed by atoms with E-state index in [0.717, 1.165) is 0 Å². The van der Waals surface area contributed by atoms with Gasteiger partial charge in [0.15, 0.2) is 0 Å². The molecule has 1 aromatic carbocycles. The van der Waals surface area contributed by atoms with E-state index in [1.165, 1.54) is 12.1 Å². The minimum absolute atomic E-state index is 0.0959. The predicted molar refractivity (Wildman–Crippen MR) is 70.6 cm³/mol. The molecule has 0 aliphatic rings. The summed E-state index contributed by atoms with van der Waals surface area (Å²) in [5.41, 5.74) is 17.5. The van der Waals surface area contributed by atoms with E-state index in [9.17, 15) is 9.59 Å². The van der Waals surface area contributed by atoms with Crippen molar-refractivity contribution in [2.24, 2.45) is 11.7 Å². The van der Waals surface area contributed by atoms with Gasteiger partial charge in [-0.3, -0.25) is 9.59 Å². The summed E-state index contributed by atoms with van der Waals surface area (Å²) in [6.45, 7) is 3.59. The molecule has 7 N–H and O–H groups in total. The molecule has 2 amide bonds. The molecule has 1 atom stereocenters. The molecule has 0 radical (unpaired) electrons. The van der Waals surface area contributed by atoms with Crippen LogP contribution in [-0.2, 0) is 4.79 Å². The molecule has 6 heteroatoms. The normalized spacial score (nSPS) is 12.2. The molecular formula is C12H18N4O2. The van der Waals surface area contributed by atoms with Crippen LogP contribution in [-0.4, -0.2) is 17.9 Å². The highest BCUT2D eigenvalue weighted by molar-refractivity contribution is 6.01. The number of nitrogens with two attached hydrogens (primary N) is 3. The van der Waals surface area contributed by atoms with Crippen LogP contribution in [0.3, 0.4) is 0 Å². The number of hydrogen-bond donors (Lipinski definition) is 4. The first-order chi connectivity index (χ1) is 8.32. The Kier molecular flexibility index (Phi) is 4.14. The zero-order valence-electron chi connectivity index (χ0n) is 10.4. The van der Waals surface area contributed by atoms with Gasteiger partial charge >= 0.3 is 0 Å². The minimum Gasteiger partial charge on any atom is -0.399 e. The fourth-order valence-electron chi connectivity index (χ4n) is 1.57. The lowest BCUT2D eigenvalue weighted by molar-refractivity contribution is -0.120. The lowest BCUT2D eigenvalue weighted by Gasteiger charge is -2.19. The molecule has 1 unspecified atom stereocenters. The molecule has 1 aromatic rings. The Morgan fingerprint density at radius 2 is 1.83 bits per heavy atom. The van der Waals surface area contributed by atoms with E-state index in [1.54, 1.807) is 19.9 Å². The number of anilines is 2. The maximum Gasteiger partial charge on any atom is 0.254 e. The summed E-state index contributed by atoms with van der Waals surface area (Å²) >= 11 is 0. The van der Waals surface area contributed by atoms with Crippen LogP contribution in [0.2, 0.25) is 0 Å². The Hall–Kier alpha value is -2.24. The zero-order chi connectivity index (χ0) is 13.9. The Morgan fingerprint density at radius 1 is 1.22 bits per heavy atom. The van der Waals surface area contributed by atoms with E-state index < -0.39 is 17.9 Å². The van der Waals surface area contributed by atoms with E-state index in [1.807, 2.05) is 0 Å². The van der Waals surface area contributed by atoms with Gasteiger partial charge in [0.1, 0.15) is 6.04 Å². The van der Waals surface area contributed by atoms with Crippen LogP contribution >= 0.6 is 0 Å². The monoisotopic (exact) mass is 250 g/mol. The summed E-state index contributed by atoms with van der Waals surface area (Å²) in [6.07, 6.45) is 0. The Bertz CT molecular complexity index is 471. The molecule has 0 fully saturated rings. The predicted octanol–water partition coefficient (Wildman–Crippen LogP) is 0.0907. The molecule has 0 aliphatic heterocycles. The van der Waals surface area contributed by atoms with Gasteiger partial charge in [-0.2, -0.15) is 0 Å². The largest absolute Gasteiger partial charge is 0.399 e. The summed E-state index contributed by atoms with van der Waals surface area (Å²) in [4.78, 5) is 23.2. The number of benzene rings is 1. The topological polar surface area (TPSA) is 124 Å². The van der Waals surface area contributed by atoms with Crippen molar-refractivity contribution >= 4 is 23.2 Å². The maximum absolute atomic E-state index is 12.0. The lowest BCUT2D eigenvalue weighted by Crippen LogP contribution is -2.47. The van der Waals surface area contributed by atoms with Crippen LogP contribution in [0, 0.1) is 5.92 Å². The molecule has 0 spiro atoms. The molecule has 0 aromatic heterocycles. The van der Waals surface area contributed by atoms with Crippen molar-refractivity contribution in [1.82, 2.24) is 5.32 Å². The number of rotatable bonds is 4. The molecule has 1 rings (SSSR count). The summed E-state index contributed by atoms with van der Waals surface area (Å²) in [5, 5.41) is 2.56. The van der Waals surface area contributed by atoms with Gasteiger partial charge in [0.25, 0.3) is 5.91 Å². The van der Waals surface area contributed by atoms with Gasteiger partial charge in [0.2, 0.25) is 5.91 Å². The van der Waals surface area contributed by atoms with E-state index in [2.05, 4.69) is 5.32 Å². The molecule has 0 saturated carbocycles. The van der Waals surface area contributed by atoms with E-state index in [4.69, 9.17) is 17.2 Å². The molecule has 98 valence electrons. The molecule has 0 saturated heterocycles. The molecule has 6 nitrogen and oxygen atoms in total. The van der Waals surface area contributed by atoms with Crippen molar-refractivity contribution in [1.29, 1.82) is 0 Å². The van der Waals surface area contributed by atoms with Crippen molar-refractivity contribution < 1.29 is 9.59 Å². The average Bonchev–Trinajstić information content (AvgIpc) is 2.24. The molecule has 0 bridgehead atoms. The highest BCUT2D eigenvalue weighted by Crippen LogP contribution is 2.16. The Balaban J connectivity index is 2.91. The second-order valence-electron chi connectivity index (χ2n) is 4.44. The average molecular weight is 250 g/mol. The van der Waals surface area contributed by atoms with Gasteiger partial charge in [0, 0.05) is 11.4 Å². The summed E-state index contributed by atoms with van der Waals surface area (Å²) in [5.74, 6) is -1.11. The number of nitrogen functional groups attached to an aromatic ring is 2. The second kappa shape index (κ2) is 5.39. The van der Waals surface area contributed by atoms with Crippen molar-refractivity contribution in [3.63, 3.8) is 0 Å². The third kappa shape index (κ3) is 3.13. The van der Waals surface area contributed by atoms with Crippen LogP contribution in [0.15, 0.2) is 18.2 Å². The smallest absolute Gasteiger partial charge is 0.254 e. The van der Waals surface area contributed by atoms with Crippen LogP contribution in [0.1, 0.15) is 24.2 Å². The quantitative estimate of drug-likeness (QED) is 0.565. The van der Waals surface area contributed by atoms with Gasteiger partial charge in [-0.1, -0.05) is 13.8 Å². The molecule has 0 heterocycles. The van der Waals surface area contributed by atoms with Crippen molar-refractivity contribution in [3.8, 4) is 0 Å². The highest BCUT2D eigenvalue weighted by atomic mass is 16.2. The number of nitrogens with one attached hydrogen (secondary N) is 1. The molecular weight excluding hydrogens is 232 g/mol. The number of amides is 2. The van der Waals surface area contributed by atoms with Crippen molar-refractivity contribution in [3.05, 3.63) is 23.8 Å². The van der Waals surface area contributed by atoms with Crippen molar-refractivity contribution in [2.75, 3.05) is 11.5 Å². The Labute approximate surface area is 106 Å². The third-order valence-corrected chi connectivity index (χ3v) is 2.58. The SMILES string of the molecule is CC(C)C(NC(=O)c1ccc(N)cc1N)C(N)=O. The highest BCUT2D eigenvalue weighted by Gasteiger charge is 2.22. The van der Waals surface area contributed by atoms with Gasteiger partial charge in [-0.05, 0) is 24.1 Å². The third-order valence-electron chi connectivity index (χ3n) is 2.58. The fraction of sp³-hybridized carbons (Fsp3) is 0.333. The first kappa shape index (κ1) is 13.8. The molecule has 18 heavy (non-hydrogen) atoms. The second-order valence-corrected chi connectivity index (χ2v) is 4.44. The summed E-state index contributed by atoms with van der Waals surface area (Å²) in [7, 11) is 0. The van der Waals surface area contributed by atoms with Crippen LogP contribution in [0.5, 0.6) is 0 Å². The van der Waals surface area contributed by atoms with Crippen LogP contribution in [0.25, 0.3) is 0 Å². The maximum atomic E-state index is 12.0. The number of hydrogen-bond acceptors (Lipinski definition) is 4. The van der Waals surface area contributed by atoms with E-state index >= 15 is 0 Å². The van der Waals surface area contributed by atoms with E-state index in [-0.39, 0.29) is 17.2 Å². The van der Waals surface area contributed by atoms with Gasteiger partial charge in [-0.25, -0.2) is 0 Å². The number of carbonyl (C=O) groups is 2. The van der Waals surface area contributed by atoms with Crippen molar-refractivity contribution in [2.45, 2.75) is 19.9 Å². The van der Waals surface area contributed by atoms with Gasteiger partial charge < -0.3 is 22.5 Å². The van der Waals surface area contributed by atoms with E-state index in [0.29, 0.717) is 5.69 Å². The first-order valence-corrected chi connectivity index (χ1v) is 5.58. The minimum atomic E-state index is -0.727. The van der Waals surface area contributed by atoms with Gasteiger partial charge in [0.05, 0.1) is 5.56 Å². The Morgan fingerprint density at radius 3 is 2.28 bits per heavy atom. The fourth-order valence-corrected chi connectivity index (χ4v) is 1.57. The first-order valence-electron chi connectivity index (χ1n) is 5.58. The summed E-state index contributed by atoms with van der Waals surface area (Å²) in [6, 6.07) is 3.84. The lowest BCUT2D eigenvalue weighted by atomic mass is 10.0. The number of carbonyl (C=O) groups excluding carboxylic acids is 2. The molecule has 0 aliphatic carbocycles.